The van der Waals surface area contributed by atoms with Gasteiger partial charge in [-0.25, -0.2) is 4.79 Å². The van der Waals surface area contributed by atoms with Crippen molar-refractivity contribution in [1.29, 1.82) is 0 Å². The number of carbonyl (C=O) groups is 2. The second-order valence-corrected chi connectivity index (χ2v) is 5.79. The van der Waals surface area contributed by atoms with Crippen LogP contribution in [0.4, 0.5) is 0 Å². The van der Waals surface area contributed by atoms with Gasteiger partial charge in [-0.05, 0) is 47.0 Å². The van der Waals surface area contributed by atoms with E-state index in [9.17, 15) is 9.59 Å². The van der Waals surface area contributed by atoms with Gasteiger partial charge in [-0.1, -0.05) is 0 Å². The summed E-state index contributed by atoms with van der Waals surface area (Å²) in [7, 11) is 0. The average molecular weight is 301 g/mol. The molecule has 0 aliphatic heterocycles. The number of aliphatic carboxylic acids is 1. The van der Waals surface area contributed by atoms with Gasteiger partial charge in [0.05, 0.1) is 0 Å². The van der Waals surface area contributed by atoms with Crippen molar-refractivity contribution in [1.82, 2.24) is 0 Å². The smallest absolute Gasteiger partial charge is 0.377 e. The van der Waals surface area contributed by atoms with E-state index in [1.807, 2.05) is 0 Å². The Morgan fingerprint density at radius 1 is 1.38 bits per heavy atom. The summed E-state index contributed by atoms with van der Waals surface area (Å²) in [6, 6.07) is 4.93. The molecule has 1 aliphatic carbocycles. The molecule has 1 aliphatic rings. The molecule has 0 bridgehead atoms. The Labute approximate surface area is 105 Å². The molecule has 84 valence electrons. The quantitative estimate of drug-likeness (QED) is 0.686. The molecule has 3 nitrogen and oxygen atoms in total. The highest BCUT2D eigenvalue weighted by molar-refractivity contribution is 9.10. The van der Waals surface area contributed by atoms with Gasteiger partial charge in [-0.15, -0.1) is 11.8 Å². The van der Waals surface area contributed by atoms with Crippen LogP contribution in [0.3, 0.4) is 0 Å². The minimum absolute atomic E-state index is 0.208. The molecule has 2 rings (SSSR count). The maximum Gasteiger partial charge on any atom is 0.377 e. The fourth-order valence-electron chi connectivity index (χ4n) is 1.23. The fraction of sp³-hybridized carbons (Fsp3) is 0.273. The van der Waals surface area contributed by atoms with Crippen LogP contribution in [-0.2, 0) is 4.79 Å². The topological polar surface area (TPSA) is 54.4 Å². The number of halogens is 1. The van der Waals surface area contributed by atoms with E-state index in [0.717, 1.165) is 9.37 Å². The van der Waals surface area contributed by atoms with E-state index in [1.54, 1.807) is 30.0 Å². The summed E-state index contributed by atoms with van der Waals surface area (Å²) in [4.78, 5) is 22.8. The van der Waals surface area contributed by atoms with Crippen molar-refractivity contribution < 1.29 is 14.7 Å². The number of benzene rings is 1. The first-order chi connectivity index (χ1) is 7.58. The molecule has 0 unspecified atom stereocenters. The predicted octanol–water partition coefficient (Wildman–Crippen LogP) is 2.97. The molecule has 1 N–H and O–H groups in total. The number of carboxylic acid groups (broad SMARTS) is 1. The summed E-state index contributed by atoms with van der Waals surface area (Å²) in [5, 5.41) is 9.26. The van der Waals surface area contributed by atoms with Crippen molar-refractivity contribution in [3.8, 4) is 0 Å². The summed E-state index contributed by atoms with van der Waals surface area (Å²) in [6.45, 7) is 0. The van der Waals surface area contributed by atoms with Gasteiger partial charge in [0.1, 0.15) is 0 Å². The van der Waals surface area contributed by atoms with Gasteiger partial charge in [-0.3, -0.25) is 4.79 Å². The maximum atomic E-state index is 11.2. The molecule has 16 heavy (non-hydrogen) atoms. The molecule has 1 fully saturated rings. The molecule has 0 radical (unpaired) electrons. The predicted molar refractivity (Wildman–Crippen MR) is 65.0 cm³/mol. The molecule has 1 aromatic carbocycles. The molecule has 0 saturated heterocycles. The standard InChI is InChI=1S/C11H9BrO3S/c12-8-5-6(10(13)11(14)15)1-4-9(8)16-7-2-3-7/h1,4-5,7H,2-3H2,(H,14,15). The van der Waals surface area contributed by atoms with Gasteiger partial charge in [0.25, 0.3) is 5.78 Å². The van der Waals surface area contributed by atoms with Crippen LogP contribution in [0.2, 0.25) is 0 Å². The molecule has 0 atom stereocenters. The first kappa shape index (κ1) is 11.7. The van der Waals surface area contributed by atoms with Crippen molar-refractivity contribution in [2.45, 2.75) is 23.0 Å². The van der Waals surface area contributed by atoms with Gasteiger partial charge in [0, 0.05) is 20.2 Å². The van der Waals surface area contributed by atoms with E-state index in [2.05, 4.69) is 15.9 Å². The Hall–Kier alpha value is -0.810. The third-order valence-corrected chi connectivity index (χ3v) is 4.54. The van der Waals surface area contributed by atoms with Gasteiger partial charge in [0.2, 0.25) is 0 Å². The number of Topliss-reactive ketones (excluding diaryl/α,β-unsaturated/α-hetero) is 1. The van der Waals surface area contributed by atoms with Crippen molar-refractivity contribution in [3.63, 3.8) is 0 Å². The summed E-state index contributed by atoms with van der Waals surface area (Å²) in [6.07, 6.45) is 2.46. The van der Waals surface area contributed by atoms with Crippen molar-refractivity contribution in [2.24, 2.45) is 0 Å². The van der Waals surface area contributed by atoms with E-state index < -0.39 is 11.8 Å². The summed E-state index contributed by atoms with van der Waals surface area (Å²) in [5.74, 6) is -2.29. The van der Waals surface area contributed by atoms with Crippen LogP contribution in [0, 0.1) is 0 Å². The lowest BCUT2D eigenvalue weighted by Crippen LogP contribution is -2.12. The number of hydrogen-bond donors (Lipinski definition) is 1. The van der Waals surface area contributed by atoms with Crippen LogP contribution in [-0.4, -0.2) is 22.1 Å². The van der Waals surface area contributed by atoms with Gasteiger partial charge in [-0.2, -0.15) is 0 Å². The van der Waals surface area contributed by atoms with E-state index in [0.29, 0.717) is 5.25 Å². The summed E-state index contributed by atoms with van der Waals surface area (Å²) < 4.78 is 0.788. The molecular formula is C11H9BrO3S. The molecule has 0 aromatic heterocycles. The average Bonchev–Trinajstić information content (AvgIpc) is 3.03. The molecule has 1 saturated carbocycles. The lowest BCUT2D eigenvalue weighted by molar-refractivity contribution is -0.131. The number of ketones is 1. The van der Waals surface area contributed by atoms with Crippen LogP contribution in [0.15, 0.2) is 27.6 Å². The number of hydrogen-bond acceptors (Lipinski definition) is 3. The Kier molecular flexibility index (Phi) is 3.35. The SMILES string of the molecule is O=C(O)C(=O)c1ccc(SC2CC2)c(Br)c1. The molecule has 0 spiro atoms. The number of carboxylic acids is 1. The van der Waals surface area contributed by atoms with Crippen LogP contribution in [0.25, 0.3) is 0 Å². The Balaban J connectivity index is 2.20. The normalized spacial score (nSPS) is 14.8. The minimum Gasteiger partial charge on any atom is -0.475 e. The molecule has 0 amide bonds. The largest absolute Gasteiger partial charge is 0.475 e. The highest BCUT2D eigenvalue weighted by Crippen LogP contribution is 2.42. The van der Waals surface area contributed by atoms with Crippen molar-refractivity contribution in [2.75, 3.05) is 0 Å². The summed E-state index contributed by atoms with van der Waals surface area (Å²) in [5.41, 5.74) is 0.208. The van der Waals surface area contributed by atoms with E-state index >= 15 is 0 Å². The van der Waals surface area contributed by atoms with Gasteiger partial charge >= 0.3 is 5.97 Å². The maximum absolute atomic E-state index is 11.2. The Morgan fingerprint density at radius 3 is 2.56 bits per heavy atom. The molecule has 1 aromatic rings. The van der Waals surface area contributed by atoms with Crippen LogP contribution in [0.5, 0.6) is 0 Å². The van der Waals surface area contributed by atoms with Gasteiger partial charge < -0.3 is 5.11 Å². The lowest BCUT2D eigenvalue weighted by Gasteiger charge is -2.04. The number of rotatable bonds is 4. The highest BCUT2D eigenvalue weighted by atomic mass is 79.9. The zero-order chi connectivity index (χ0) is 11.7. The van der Waals surface area contributed by atoms with Crippen molar-refractivity contribution in [3.05, 3.63) is 28.2 Å². The van der Waals surface area contributed by atoms with Crippen LogP contribution < -0.4 is 0 Å². The second kappa shape index (κ2) is 4.59. The van der Waals surface area contributed by atoms with Gasteiger partial charge in [0.15, 0.2) is 0 Å². The zero-order valence-electron chi connectivity index (χ0n) is 8.27. The lowest BCUT2D eigenvalue weighted by atomic mass is 10.1. The third kappa shape index (κ3) is 2.65. The van der Waals surface area contributed by atoms with Crippen LogP contribution in [0.1, 0.15) is 23.2 Å². The van der Waals surface area contributed by atoms with E-state index in [-0.39, 0.29) is 5.56 Å². The second-order valence-electron chi connectivity index (χ2n) is 3.60. The molecular weight excluding hydrogens is 292 g/mol. The van der Waals surface area contributed by atoms with E-state index in [4.69, 9.17) is 5.11 Å². The monoisotopic (exact) mass is 300 g/mol. The number of thioether (sulfide) groups is 1. The molecule has 5 heteroatoms. The third-order valence-electron chi connectivity index (χ3n) is 2.21. The summed E-state index contributed by atoms with van der Waals surface area (Å²) >= 11 is 5.11. The molecule has 0 heterocycles. The first-order valence-corrected chi connectivity index (χ1v) is 6.49. The highest BCUT2D eigenvalue weighted by Gasteiger charge is 2.24. The Morgan fingerprint density at radius 2 is 2.06 bits per heavy atom. The number of carbonyl (C=O) groups excluding carboxylic acids is 1. The van der Waals surface area contributed by atoms with Crippen LogP contribution >= 0.6 is 27.7 Å². The first-order valence-electron chi connectivity index (χ1n) is 4.82. The minimum atomic E-state index is -1.42. The Bertz CT molecular complexity index is 455. The van der Waals surface area contributed by atoms with E-state index in [1.165, 1.54) is 12.8 Å². The fourth-order valence-corrected chi connectivity index (χ4v) is 2.93. The van der Waals surface area contributed by atoms with Crippen molar-refractivity contribution >= 4 is 39.4 Å². The zero-order valence-corrected chi connectivity index (χ0v) is 10.7.